The van der Waals surface area contributed by atoms with Gasteiger partial charge >= 0.3 is 6.18 Å². The third-order valence-electron chi connectivity index (χ3n) is 3.68. The van der Waals surface area contributed by atoms with Gasteiger partial charge in [0.25, 0.3) is 0 Å². The number of fused-ring (bicyclic) bond motifs is 1. The molecule has 118 valence electrons. The normalized spacial score (nSPS) is 21.9. The Labute approximate surface area is 125 Å². The van der Waals surface area contributed by atoms with E-state index in [-0.39, 0.29) is 49.8 Å². The molecule has 0 spiro atoms. The minimum Gasteiger partial charge on any atom is -0.332 e. The van der Waals surface area contributed by atoms with Gasteiger partial charge in [0.1, 0.15) is 0 Å². The van der Waals surface area contributed by atoms with Gasteiger partial charge < -0.3 is 14.8 Å². The lowest BCUT2D eigenvalue weighted by molar-refractivity contribution is -0.148. The zero-order chi connectivity index (χ0) is 14.3. The van der Waals surface area contributed by atoms with Crippen LogP contribution < -0.4 is 5.32 Å². The number of aromatic nitrogens is 3. The van der Waals surface area contributed by atoms with Crippen LogP contribution in [0, 0.1) is 0 Å². The Morgan fingerprint density at radius 1 is 1.29 bits per heavy atom. The van der Waals surface area contributed by atoms with Gasteiger partial charge in [0.05, 0.1) is 12.6 Å². The number of carbonyl (C=O) groups is 1. The fraction of sp³-hybridized carbons (Fsp3) is 0.727. The van der Waals surface area contributed by atoms with Crippen molar-refractivity contribution < 1.29 is 18.0 Å². The van der Waals surface area contributed by atoms with E-state index in [0.717, 1.165) is 24.0 Å². The predicted octanol–water partition coefficient (Wildman–Crippen LogP) is 0.813. The van der Waals surface area contributed by atoms with Crippen molar-refractivity contribution >= 4 is 18.3 Å². The molecular weight excluding hydrogens is 311 g/mol. The molecule has 1 amide bonds. The van der Waals surface area contributed by atoms with Crippen LogP contribution in [-0.2, 0) is 24.1 Å². The van der Waals surface area contributed by atoms with Crippen LogP contribution in [0.25, 0.3) is 0 Å². The summed E-state index contributed by atoms with van der Waals surface area (Å²) in [6.07, 6.45) is -2.79. The summed E-state index contributed by atoms with van der Waals surface area (Å²) in [5.41, 5.74) is 0. The van der Waals surface area contributed by atoms with Crippen molar-refractivity contribution in [2.24, 2.45) is 0 Å². The number of amides is 1. The number of carbonyl (C=O) groups excluding carboxylic acids is 1. The van der Waals surface area contributed by atoms with Crippen molar-refractivity contribution in [3.63, 3.8) is 0 Å². The highest BCUT2D eigenvalue weighted by atomic mass is 35.5. The molecule has 1 unspecified atom stereocenters. The largest absolute Gasteiger partial charge is 0.451 e. The van der Waals surface area contributed by atoms with Crippen LogP contribution in [0.2, 0.25) is 0 Å². The molecule has 10 heteroatoms. The molecule has 0 radical (unpaired) electrons. The molecule has 1 saturated heterocycles. The lowest BCUT2D eigenvalue weighted by Gasteiger charge is -2.30. The molecule has 0 aliphatic carbocycles. The fourth-order valence-corrected chi connectivity index (χ4v) is 2.67. The Balaban J connectivity index is 0.00000161. The molecule has 1 aromatic rings. The van der Waals surface area contributed by atoms with E-state index in [0.29, 0.717) is 0 Å². The standard InChI is InChI=1S/C11H14F3N5O.ClH/c12-11(13,14)10-17-16-8-6-18(4-5-19(8)10)9(20)7-2-1-3-15-7;/h7,15H,1-6H2;1H. The van der Waals surface area contributed by atoms with Crippen molar-refractivity contribution in [2.75, 3.05) is 13.1 Å². The second-order valence-corrected chi connectivity index (χ2v) is 5.00. The Bertz CT molecular complexity index is 526. The van der Waals surface area contributed by atoms with Gasteiger partial charge in [0.2, 0.25) is 11.7 Å². The molecule has 3 rings (SSSR count). The van der Waals surface area contributed by atoms with Crippen molar-refractivity contribution in [1.29, 1.82) is 0 Å². The fourth-order valence-electron chi connectivity index (χ4n) is 2.67. The first-order valence-electron chi connectivity index (χ1n) is 6.48. The predicted molar refractivity (Wildman–Crippen MR) is 68.7 cm³/mol. The number of nitrogens with one attached hydrogen (secondary N) is 1. The van der Waals surface area contributed by atoms with Gasteiger partial charge in [-0.1, -0.05) is 0 Å². The van der Waals surface area contributed by atoms with E-state index < -0.39 is 12.0 Å². The first-order valence-corrected chi connectivity index (χ1v) is 6.48. The van der Waals surface area contributed by atoms with Crippen LogP contribution in [0.5, 0.6) is 0 Å². The van der Waals surface area contributed by atoms with E-state index >= 15 is 0 Å². The zero-order valence-corrected chi connectivity index (χ0v) is 11.9. The topological polar surface area (TPSA) is 63.1 Å². The van der Waals surface area contributed by atoms with Crippen LogP contribution in [0.3, 0.4) is 0 Å². The number of hydrogen-bond acceptors (Lipinski definition) is 4. The molecule has 0 aromatic carbocycles. The third-order valence-corrected chi connectivity index (χ3v) is 3.68. The van der Waals surface area contributed by atoms with Crippen molar-refractivity contribution in [1.82, 2.24) is 25.0 Å². The van der Waals surface area contributed by atoms with E-state index in [1.165, 1.54) is 0 Å². The van der Waals surface area contributed by atoms with Gasteiger partial charge in [0, 0.05) is 13.1 Å². The summed E-state index contributed by atoms with van der Waals surface area (Å²) in [4.78, 5) is 13.7. The molecule has 6 nitrogen and oxygen atoms in total. The summed E-state index contributed by atoms with van der Waals surface area (Å²) in [7, 11) is 0. The summed E-state index contributed by atoms with van der Waals surface area (Å²) in [6, 6.07) is -0.216. The maximum Gasteiger partial charge on any atom is 0.451 e. The highest BCUT2D eigenvalue weighted by molar-refractivity contribution is 5.85. The first kappa shape index (κ1) is 16.0. The van der Waals surface area contributed by atoms with Gasteiger partial charge in [-0.15, -0.1) is 22.6 Å². The summed E-state index contributed by atoms with van der Waals surface area (Å²) in [6.45, 7) is 1.22. The van der Waals surface area contributed by atoms with E-state index in [1.54, 1.807) is 4.90 Å². The van der Waals surface area contributed by atoms with Crippen LogP contribution in [-0.4, -0.2) is 44.7 Å². The van der Waals surface area contributed by atoms with E-state index in [1.807, 2.05) is 0 Å². The number of hydrogen-bond donors (Lipinski definition) is 1. The Morgan fingerprint density at radius 3 is 2.67 bits per heavy atom. The third kappa shape index (κ3) is 2.98. The lowest BCUT2D eigenvalue weighted by atomic mass is 10.2. The molecule has 1 fully saturated rings. The van der Waals surface area contributed by atoms with Gasteiger partial charge in [-0.3, -0.25) is 4.79 Å². The quantitative estimate of drug-likeness (QED) is 0.830. The molecule has 21 heavy (non-hydrogen) atoms. The average molecular weight is 326 g/mol. The summed E-state index contributed by atoms with van der Waals surface area (Å²) >= 11 is 0. The maximum atomic E-state index is 12.7. The second kappa shape index (κ2) is 5.80. The molecule has 0 bridgehead atoms. The number of alkyl halides is 3. The van der Waals surface area contributed by atoms with Crippen molar-refractivity contribution in [3.05, 3.63) is 11.6 Å². The number of rotatable bonds is 1. The maximum absolute atomic E-state index is 12.7. The monoisotopic (exact) mass is 325 g/mol. The summed E-state index contributed by atoms with van der Waals surface area (Å²) in [5, 5.41) is 9.85. The molecular formula is C11H15ClF3N5O. The van der Waals surface area contributed by atoms with Crippen LogP contribution >= 0.6 is 12.4 Å². The van der Waals surface area contributed by atoms with E-state index in [2.05, 4.69) is 15.5 Å². The molecule has 1 aromatic heterocycles. The Morgan fingerprint density at radius 2 is 2.05 bits per heavy atom. The molecule has 0 saturated carbocycles. The van der Waals surface area contributed by atoms with Crippen LogP contribution in [0.15, 0.2) is 0 Å². The number of halogens is 4. The van der Waals surface area contributed by atoms with Gasteiger partial charge in [-0.05, 0) is 19.4 Å². The summed E-state index contributed by atoms with van der Waals surface area (Å²) in [5.74, 6) is -0.862. The van der Waals surface area contributed by atoms with Gasteiger partial charge in [-0.25, -0.2) is 0 Å². The zero-order valence-electron chi connectivity index (χ0n) is 11.1. The SMILES string of the molecule is Cl.O=C(C1CCCN1)N1CCn2c(nnc2C(F)(F)F)C1. The van der Waals surface area contributed by atoms with E-state index in [4.69, 9.17) is 0 Å². The minimum atomic E-state index is -4.51. The summed E-state index contributed by atoms with van der Waals surface area (Å²) < 4.78 is 39.1. The van der Waals surface area contributed by atoms with Crippen LogP contribution in [0.1, 0.15) is 24.5 Å². The molecule has 3 heterocycles. The molecule has 1 atom stereocenters. The number of nitrogens with zero attached hydrogens (tertiary/aromatic N) is 4. The van der Waals surface area contributed by atoms with Crippen LogP contribution in [0.4, 0.5) is 13.2 Å². The van der Waals surface area contributed by atoms with Gasteiger partial charge in [-0.2, -0.15) is 13.2 Å². The smallest absolute Gasteiger partial charge is 0.332 e. The first-order chi connectivity index (χ1) is 9.47. The highest BCUT2D eigenvalue weighted by Crippen LogP contribution is 2.29. The minimum absolute atomic E-state index is 0. The highest BCUT2D eigenvalue weighted by Gasteiger charge is 2.40. The Kier molecular flexibility index (Phi) is 4.43. The molecule has 2 aliphatic rings. The molecule has 1 N–H and O–H groups in total. The second-order valence-electron chi connectivity index (χ2n) is 5.00. The lowest BCUT2D eigenvalue weighted by Crippen LogP contribution is -2.47. The van der Waals surface area contributed by atoms with Crippen molar-refractivity contribution in [3.8, 4) is 0 Å². The molecule has 2 aliphatic heterocycles. The average Bonchev–Trinajstić information content (AvgIpc) is 3.05. The van der Waals surface area contributed by atoms with Crippen molar-refractivity contribution in [2.45, 2.75) is 38.1 Å². The Hall–Kier alpha value is -1.35. The van der Waals surface area contributed by atoms with E-state index in [9.17, 15) is 18.0 Å². The van der Waals surface area contributed by atoms with Gasteiger partial charge in [0.15, 0.2) is 5.82 Å².